The Morgan fingerprint density at radius 1 is 1.12 bits per heavy atom. The van der Waals surface area contributed by atoms with Crippen LogP contribution in [0, 0.1) is 0 Å². The molecule has 2 fully saturated rings. The SMILES string of the molecule is CN1CCN(S(=O)(=O)C2(CN)CCCC2)CC1. The summed E-state index contributed by atoms with van der Waals surface area (Å²) in [5.41, 5.74) is 5.77. The summed E-state index contributed by atoms with van der Waals surface area (Å²) in [5, 5.41) is 0. The zero-order valence-corrected chi connectivity index (χ0v) is 11.4. The van der Waals surface area contributed by atoms with Crippen LogP contribution in [0.25, 0.3) is 0 Å². The first kappa shape index (κ1) is 13.3. The van der Waals surface area contributed by atoms with Crippen molar-refractivity contribution in [2.45, 2.75) is 30.4 Å². The van der Waals surface area contributed by atoms with Crippen molar-refractivity contribution in [3.63, 3.8) is 0 Å². The summed E-state index contributed by atoms with van der Waals surface area (Å²) >= 11 is 0. The quantitative estimate of drug-likeness (QED) is 0.766. The van der Waals surface area contributed by atoms with Gasteiger partial charge in [0.15, 0.2) is 0 Å². The minimum atomic E-state index is -3.22. The van der Waals surface area contributed by atoms with Gasteiger partial charge in [-0.15, -0.1) is 0 Å². The highest BCUT2D eigenvalue weighted by molar-refractivity contribution is 7.90. The Hall–Kier alpha value is -0.170. The zero-order valence-electron chi connectivity index (χ0n) is 10.6. The molecule has 0 radical (unpaired) electrons. The fourth-order valence-electron chi connectivity index (χ4n) is 2.89. The van der Waals surface area contributed by atoms with Gasteiger partial charge in [0.2, 0.25) is 10.0 Å². The highest BCUT2D eigenvalue weighted by Gasteiger charge is 2.48. The molecule has 0 unspecified atom stereocenters. The van der Waals surface area contributed by atoms with Gasteiger partial charge < -0.3 is 10.6 Å². The summed E-state index contributed by atoms with van der Waals surface area (Å²) in [4.78, 5) is 2.16. The standard InChI is InChI=1S/C11H23N3O2S/c1-13-6-8-14(9-7-13)17(15,16)11(10-12)4-2-3-5-11/h2-10,12H2,1H3. The number of rotatable bonds is 3. The molecule has 2 aliphatic rings. The average molecular weight is 261 g/mol. The molecule has 1 aliphatic heterocycles. The van der Waals surface area contributed by atoms with E-state index in [0.29, 0.717) is 13.1 Å². The molecule has 0 spiro atoms. The van der Waals surface area contributed by atoms with Gasteiger partial charge in [-0.25, -0.2) is 8.42 Å². The Labute approximate surface area is 104 Å². The lowest BCUT2D eigenvalue weighted by molar-refractivity contribution is 0.218. The minimum absolute atomic E-state index is 0.266. The van der Waals surface area contributed by atoms with Crippen molar-refractivity contribution in [2.24, 2.45) is 5.73 Å². The molecular formula is C11H23N3O2S. The Bertz CT molecular complexity index is 355. The second kappa shape index (κ2) is 4.84. The lowest BCUT2D eigenvalue weighted by Crippen LogP contribution is -2.56. The predicted molar refractivity (Wildman–Crippen MR) is 68.2 cm³/mol. The fourth-order valence-corrected chi connectivity index (χ4v) is 5.10. The summed E-state index contributed by atoms with van der Waals surface area (Å²) in [6.45, 7) is 3.13. The van der Waals surface area contributed by atoms with E-state index in [9.17, 15) is 8.42 Å². The first-order valence-corrected chi connectivity index (χ1v) is 7.84. The van der Waals surface area contributed by atoms with Crippen molar-refractivity contribution in [1.29, 1.82) is 0 Å². The Balaban J connectivity index is 2.17. The monoisotopic (exact) mass is 261 g/mol. The molecule has 0 aromatic rings. The Morgan fingerprint density at radius 2 is 1.65 bits per heavy atom. The molecule has 0 aromatic heterocycles. The summed E-state index contributed by atoms with van der Waals surface area (Å²) in [5.74, 6) is 0. The van der Waals surface area contributed by atoms with E-state index in [1.54, 1.807) is 4.31 Å². The van der Waals surface area contributed by atoms with Crippen molar-refractivity contribution in [2.75, 3.05) is 39.8 Å². The molecule has 100 valence electrons. The molecule has 0 aromatic carbocycles. The smallest absolute Gasteiger partial charge is 0.221 e. The number of hydrogen-bond acceptors (Lipinski definition) is 4. The van der Waals surface area contributed by atoms with E-state index in [1.807, 2.05) is 7.05 Å². The van der Waals surface area contributed by atoms with E-state index in [0.717, 1.165) is 38.8 Å². The maximum absolute atomic E-state index is 12.7. The van der Waals surface area contributed by atoms with Gasteiger partial charge in [-0.3, -0.25) is 0 Å². The number of hydrogen-bond donors (Lipinski definition) is 1. The van der Waals surface area contributed by atoms with Crippen molar-refractivity contribution < 1.29 is 8.42 Å². The van der Waals surface area contributed by atoms with Gasteiger partial charge in [0.25, 0.3) is 0 Å². The molecule has 0 amide bonds. The molecule has 6 heteroatoms. The molecule has 0 bridgehead atoms. The lowest BCUT2D eigenvalue weighted by atomic mass is 10.1. The molecule has 1 saturated carbocycles. The number of sulfonamides is 1. The van der Waals surface area contributed by atoms with Gasteiger partial charge in [0.05, 0.1) is 4.75 Å². The average Bonchev–Trinajstić information content (AvgIpc) is 2.79. The highest BCUT2D eigenvalue weighted by Crippen LogP contribution is 2.38. The van der Waals surface area contributed by atoms with Crippen molar-refractivity contribution in [3.8, 4) is 0 Å². The van der Waals surface area contributed by atoms with Crippen LogP contribution in [0.1, 0.15) is 25.7 Å². The number of likely N-dealkylation sites (N-methyl/N-ethyl adjacent to an activating group) is 1. The largest absolute Gasteiger partial charge is 0.329 e. The molecule has 0 atom stereocenters. The van der Waals surface area contributed by atoms with Gasteiger partial charge in [0.1, 0.15) is 0 Å². The second-order valence-corrected chi connectivity index (χ2v) is 7.63. The van der Waals surface area contributed by atoms with Crippen LogP contribution < -0.4 is 5.73 Å². The van der Waals surface area contributed by atoms with Crippen molar-refractivity contribution in [3.05, 3.63) is 0 Å². The molecular weight excluding hydrogens is 238 g/mol. The van der Waals surface area contributed by atoms with Crippen LogP contribution in [0.3, 0.4) is 0 Å². The van der Waals surface area contributed by atoms with Gasteiger partial charge >= 0.3 is 0 Å². The maximum atomic E-state index is 12.7. The third kappa shape index (κ3) is 2.23. The minimum Gasteiger partial charge on any atom is -0.329 e. The van der Waals surface area contributed by atoms with Crippen LogP contribution in [-0.2, 0) is 10.0 Å². The first-order valence-electron chi connectivity index (χ1n) is 6.40. The van der Waals surface area contributed by atoms with Crippen LogP contribution in [-0.4, -0.2) is 62.1 Å². The van der Waals surface area contributed by atoms with Crippen molar-refractivity contribution in [1.82, 2.24) is 9.21 Å². The van der Waals surface area contributed by atoms with Gasteiger partial charge in [-0.2, -0.15) is 4.31 Å². The van der Waals surface area contributed by atoms with Crippen LogP contribution in [0.2, 0.25) is 0 Å². The molecule has 2 rings (SSSR count). The fraction of sp³-hybridized carbons (Fsp3) is 1.00. The lowest BCUT2D eigenvalue weighted by Gasteiger charge is -2.38. The topological polar surface area (TPSA) is 66.6 Å². The zero-order chi connectivity index (χ0) is 12.5. The van der Waals surface area contributed by atoms with Crippen LogP contribution >= 0.6 is 0 Å². The third-order valence-electron chi connectivity index (χ3n) is 4.24. The van der Waals surface area contributed by atoms with E-state index >= 15 is 0 Å². The van der Waals surface area contributed by atoms with E-state index in [2.05, 4.69) is 4.90 Å². The van der Waals surface area contributed by atoms with Crippen LogP contribution in [0.5, 0.6) is 0 Å². The third-order valence-corrected chi connectivity index (χ3v) is 6.95. The predicted octanol–water partition coefficient (Wildman–Crippen LogP) is -0.165. The Morgan fingerprint density at radius 3 is 2.12 bits per heavy atom. The van der Waals surface area contributed by atoms with E-state index in [-0.39, 0.29) is 6.54 Å². The van der Waals surface area contributed by atoms with E-state index in [4.69, 9.17) is 5.73 Å². The summed E-state index contributed by atoms with van der Waals surface area (Å²) in [6, 6.07) is 0. The summed E-state index contributed by atoms with van der Waals surface area (Å²) in [6.07, 6.45) is 3.45. The van der Waals surface area contributed by atoms with E-state index in [1.165, 1.54) is 0 Å². The number of piperazine rings is 1. The number of nitrogens with two attached hydrogens (primary N) is 1. The highest BCUT2D eigenvalue weighted by atomic mass is 32.2. The molecule has 17 heavy (non-hydrogen) atoms. The molecule has 1 saturated heterocycles. The second-order valence-electron chi connectivity index (χ2n) is 5.30. The molecule has 2 N–H and O–H groups in total. The maximum Gasteiger partial charge on any atom is 0.221 e. The first-order chi connectivity index (χ1) is 8.02. The Kier molecular flexibility index (Phi) is 3.77. The van der Waals surface area contributed by atoms with Gasteiger partial charge in [0, 0.05) is 32.7 Å². The van der Waals surface area contributed by atoms with E-state index < -0.39 is 14.8 Å². The molecule has 1 heterocycles. The molecule has 5 nitrogen and oxygen atoms in total. The normalized spacial score (nSPS) is 27.4. The van der Waals surface area contributed by atoms with Gasteiger partial charge in [-0.1, -0.05) is 12.8 Å². The van der Waals surface area contributed by atoms with Gasteiger partial charge in [-0.05, 0) is 19.9 Å². The summed E-state index contributed by atoms with van der Waals surface area (Å²) < 4.78 is 26.3. The number of nitrogens with zero attached hydrogens (tertiary/aromatic N) is 2. The van der Waals surface area contributed by atoms with Crippen molar-refractivity contribution >= 4 is 10.0 Å². The molecule has 1 aliphatic carbocycles. The summed E-state index contributed by atoms with van der Waals surface area (Å²) in [7, 11) is -1.19. The van der Waals surface area contributed by atoms with Crippen LogP contribution in [0.15, 0.2) is 0 Å². The van der Waals surface area contributed by atoms with Crippen LogP contribution in [0.4, 0.5) is 0 Å².